The third kappa shape index (κ3) is 5.40. The van der Waals surface area contributed by atoms with Gasteiger partial charge in [0.2, 0.25) is 5.91 Å². The van der Waals surface area contributed by atoms with Gasteiger partial charge in [0, 0.05) is 35.2 Å². The molecule has 1 atom stereocenters. The molecule has 0 bridgehead atoms. The Balaban J connectivity index is 1.67. The standard InChI is InChI=1S/C21H25BrN2O/c22-20-12-16(13-23-15-20)11-19(17-7-3-1-4-8-17)14-24-21(25)18-9-5-2-6-10-18/h1,3-4,7-8,12-13,15,18-19H,2,5-6,9-11,14H2,(H,24,25)/t19-/m0/s1. The van der Waals surface area contributed by atoms with Gasteiger partial charge in [-0.3, -0.25) is 9.78 Å². The number of nitrogens with zero attached hydrogens (tertiary/aromatic N) is 1. The average Bonchev–Trinajstić information content (AvgIpc) is 2.66. The SMILES string of the molecule is O=C(NC[C@H](Cc1cncc(Br)c1)c1ccccc1)C1CCCCC1. The number of pyridine rings is 1. The van der Waals surface area contributed by atoms with Gasteiger partial charge in [-0.15, -0.1) is 0 Å². The van der Waals surface area contributed by atoms with Crippen molar-refractivity contribution in [1.29, 1.82) is 0 Å². The van der Waals surface area contributed by atoms with Crippen LogP contribution < -0.4 is 5.32 Å². The number of aromatic nitrogens is 1. The zero-order valence-electron chi connectivity index (χ0n) is 14.5. The summed E-state index contributed by atoms with van der Waals surface area (Å²) >= 11 is 3.49. The molecule has 25 heavy (non-hydrogen) atoms. The maximum Gasteiger partial charge on any atom is 0.223 e. The van der Waals surface area contributed by atoms with Crippen LogP contribution in [0.2, 0.25) is 0 Å². The van der Waals surface area contributed by atoms with Gasteiger partial charge in [-0.05, 0) is 52.4 Å². The number of carbonyl (C=O) groups is 1. The fraction of sp³-hybridized carbons (Fsp3) is 0.429. The van der Waals surface area contributed by atoms with E-state index in [0.29, 0.717) is 6.54 Å². The van der Waals surface area contributed by atoms with Crippen molar-refractivity contribution in [3.05, 3.63) is 64.4 Å². The summed E-state index contributed by atoms with van der Waals surface area (Å²) < 4.78 is 0.989. The number of carbonyl (C=O) groups excluding carboxylic acids is 1. The molecule has 132 valence electrons. The Morgan fingerprint density at radius 2 is 1.92 bits per heavy atom. The number of nitrogens with one attached hydrogen (secondary N) is 1. The van der Waals surface area contributed by atoms with Crippen LogP contribution in [0.4, 0.5) is 0 Å². The van der Waals surface area contributed by atoms with Crippen LogP contribution in [0.25, 0.3) is 0 Å². The molecule has 3 rings (SSSR count). The highest BCUT2D eigenvalue weighted by molar-refractivity contribution is 9.10. The monoisotopic (exact) mass is 400 g/mol. The number of hydrogen-bond donors (Lipinski definition) is 1. The van der Waals surface area contributed by atoms with Crippen LogP contribution in [-0.4, -0.2) is 17.4 Å². The largest absolute Gasteiger partial charge is 0.355 e. The van der Waals surface area contributed by atoms with Crippen molar-refractivity contribution in [3.63, 3.8) is 0 Å². The van der Waals surface area contributed by atoms with Crippen LogP contribution in [0, 0.1) is 5.92 Å². The molecule has 3 nitrogen and oxygen atoms in total. The zero-order chi connectivity index (χ0) is 17.5. The van der Waals surface area contributed by atoms with Crippen molar-refractivity contribution in [2.75, 3.05) is 6.54 Å². The molecule has 0 radical (unpaired) electrons. The van der Waals surface area contributed by atoms with Gasteiger partial charge in [0.1, 0.15) is 0 Å². The summed E-state index contributed by atoms with van der Waals surface area (Å²) in [7, 11) is 0. The molecule has 1 N–H and O–H groups in total. The first-order chi connectivity index (χ1) is 12.2. The third-order valence-corrected chi connectivity index (χ3v) is 5.45. The van der Waals surface area contributed by atoms with Gasteiger partial charge in [0.05, 0.1) is 0 Å². The highest BCUT2D eigenvalue weighted by Crippen LogP contribution is 2.25. The van der Waals surface area contributed by atoms with E-state index in [2.05, 4.69) is 56.6 Å². The van der Waals surface area contributed by atoms with Crippen molar-refractivity contribution in [1.82, 2.24) is 10.3 Å². The van der Waals surface area contributed by atoms with Gasteiger partial charge in [-0.1, -0.05) is 49.6 Å². The minimum atomic E-state index is 0.206. The van der Waals surface area contributed by atoms with Gasteiger partial charge < -0.3 is 5.32 Å². The van der Waals surface area contributed by atoms with E-state index in [4.69, 9.17) is 0 Å². The Labute approximate surface area is 158 Å². The lowest BCUT2D eigenvalue weighted by Crippen LogP contribution is -2.35. The highest BCUT2D eigenvalue weighted by Gasteiger charge is 2.22. The minimum Gasteiger partial charge on any atom is -0.355 e. The molecule has 2 aromatic rings. The topological polar surface area (TPSA) is 42.0 Å². The first-order valence-electron chi connectivity index (χ1n) is 9.14. The van der Waals surface area contributed by atoms with E-state index in [1.165, 1.54) is 30.4 Å². The Morgan fingerprint density at radius 1 is 1.16 bits per heavy atom. The van der Waals surface area contributed by atoms with Crippen LogP contribution in [0.15, 0.2) is 53.3 Å². The third-order valence-electron chi connectivity index (χ3n) is 5.01. The van der Waals surface area contributed by atoms with Crippen LogP contribution in [0.3, 0.4) is 0 Å². The molecule has 1 aromatic carbocycles. The Kier molecular flexibility index (Phi) is 6.62. The Bertz CT molecular complexity index is 683. The average molecular weight is 401 g/mol. The Hall–Kier alpha value is -1.68. The summed E-state index contributed by atoms with van der Waals surface area (Å²) in [5, 5.41) is 3.21. The lowest BCUT2D eigenvalue weighted by Gasteiger charge is -2.23. The molecular formula is C21H25BrN2O. The van der Waals surface area contributed by atoms with Crippen molar-refractivity contribution < 1.29 is 4.79 Å². The molecule has 0 saturated heterocycles. The van der Waals surface area contributed by atoms with Crippen molar-refractivity contribution in [2.45, 2.75) is 44.4 Å². The van der Waals surface area contributed by atoms with E-state index in [9.17, 15) is 4.79 Å². The molecule has 1 saturated carbocycles. The van der Waals surface area contributed by atoms with E-state index in [0.717, 1.165) is 23.7 Å². The summed E-state index contributed by atoms with van der Waals surface area (Å²) in [4.78, 5) is 16.8. The molecule has 1 aliphatic rings. The van der Waals surface area contributed by atoms with Crippen molar-refractivity contribution in [2.24, 2.45) is 5.92 Å². The van der Waals surface area contributed by atoms with E-state index in [-0.39, 0.29) is 17.7 Å². The molecule has 0 unspecified atom stereocenters. The summed E-state index contributed by atoms with van der Waals surface area (Å²) in [6.45, 7) is 0.672. The lowest BCUT2D eigenvalue weighted by molar-refractivity contribution is -0.126. The number of rotatable bonds is 6. The molecule has 0 spiro atoms. The lowest BCUT2D eigenvalue weighted by atomic mass is 9.88. The van der Waals surface area contributed by atoms with Gasteiger partial charge in [0.15, 0.2) is 0 Å². The summed E-state index contributed by atoms with van der Waals surface area (Å²) in [5.74, 6) is 0.690. The van der Waals surface area contributed by atoms with Crippen LogP contribution in [-0.2, 0) is 11.2 Å². The zero-order valence-corrected chi connectivity index (χ0v) is 16.0. The fourth-order valence-corrected chi connectivity index (χ4v) is 4.03. The van der Waals surface area contributed by atoms with Gasteiger partial charge in [-0.2, -0.15) is 0 Å². The molecule has 4 heteroatoms. The van der Waals surface area contributed by atoms with Gasteiger partial charge in [0.25, 0.3) is 0 Å². The Morgan fingerprint density at radius 3 is 2.64 bits per heavy atom. The normalized spacial score (nSPS) is 16.4. The van der Waals surface area contributed by atoms with Crippen LogP contribution >= 0.6 is 15.9 Å². The summed E-state index contributed by atoms with van der Waals surface area (Å²) in [6.07, 6.45) is 10.3. The second-order valence-electron chi connectivity index (χ2n) is 6.90. The van der Waals surface area contributed by atoms with E-state index < -0.39 is 0 Å². The molecular weight excluding hydrogens is 376 g/mol. The van der Waals surface area contributed by atoms with E-state index in [1.54, 1.807) is 6.20 Å². The second-order valence-corrected chi connectivity index (χ2v) is 7.82. The van der Waals surface area contributed by atoms with E-state index in [1.807, 2.05) is 12.3 Å². The molecule has 0 aliphatic heterocycles. The molecule has 1 fully saturated rings. The molecule has 1 amide bonds. The smallest absolute Gasteiger partial charge is 0.223 e. The quantitative estimate of drug-likeness (QED) is 0.751. The van der Waals surface area contributed by atoms with Crippen LogP contribution in [0.5, 0.6) is 0 Å². The summed E-state index contributed by atoms with van der Waals surface area (Å²) in [5.41, 5.74) is 2.43. The molecule has 1 heterocycles. The predicted molar refractivity (Wildman–Crippen MR) is 104 cm³/mol. The molecule has 1 aromatic heterocycles. The van der Waals surface area contributed by atoms with Gasteiger partial charge >= 0.3 is 0 Å². The van der Waals surface area contributed by atoms with E-state index >= 15 is 0 Å². The number of amides is 1. The highest BCUT2D eigenvalue weighted by atomic mass is 79.9. The number of benzene rings is 1. The van der Waals surface area contributed by atoms with Crippen molar-refractivity contribution >= 4 is 21.8 Å². The van der Waals surface area contributed by atoms with Gasteiger partial charge in [-0.25, -0.2) is 0 Å². The first kappa shape index (κ1) is 18.1. The fourth-order valence-electron chi connectivity index (χ4n) is 3.62. The first-order valence-corrected chi connectivity index (χ1v) is 9.94. The number of halogens is 1. The number of hydrogen-bond acceptors (Lipinski definition) is 2. The maximum atomic E-state index is 12.5. The molecule has 1 aliphatic carbocycles. The minimum absolute atomic E-state index is 0.206. The maximum absolute atomic E-state index is 12.5. The summed E-state index contributed by atoms with van der Waals surface area (Å²) in [6, 6.07) is 12.5. The predicted octanol–water partition coefficient (Wildman–Crippen LogP) is 4.87. The second kappa shape index (κ2) is 9.14. The van der Waals surface area contributed by atoms with Crippen LogP contribution in [0.1, 0.15) is 49.1 Å². The van der Waals surface area contributed by atoms with Crippen molar-refractivity contribution in [3.8, 4) is 0 Å².